The van der Waals surface area contributed by atoms with E-state index in [1.54, 1.807) is 0 Å². The van der Waals surface area contributed by atoms with E-state index in [1.165, 1.54) is 0 Å². The van der Waals surface area contributed by atoms with E-state index >= 15 is 0 Å². The van der Waals surface area contributed by atoms with Gasteiger partial charge in [0.25, 0.3) is 0 Å². The van der Waals surface area contributed by atoms with Crippen LogP contribution in [0.5, 0.6) is 0 Å². The van der Waals surface area contributed by atoms with Crippen LogP contribution in [0.2, 0.25) is 0 Å². The average molecular weight is 327 g/mol. The molecule has 134 valence electrons. The van der Waals surface area contributed by atoms with Gasteiger partial charge in [-0.1, -0.05) is 0 Å². The van der Waals surface area contributed by atoms with E-state index in [4.69, 9.17) is 23.3 Å². The molecule has 0 N–H and O–H groups in total. The van der Waals surface area contributed by atoms with Gasteiger partial charge in [-0.05, 0) is 76.2 Å². The molecule has 0 saturated carbocycles. The van der Waals surface area contributed by atoms with Crippen LogP contribution in [-0.4, -0.2) is 41.7 Å². The highest BCUT2D eigenvalue weighted by atomic mass is 16.8. The minimum atomic E-state index is -2.23. The molecule has 2 aliphatic rings. The Balaban J connectivity index is 2.43. The van der Waals surface area contributed by atoms with Crippen molar-refractivity contribution >= 4 is 13.7 Å². The maximum absolute atomic E-state index is 6.37. The lowest BCUT2D eigenvalue weighted by Crippen LogP contribution is -2.62. The van der Waals surface area contributed by atoms with Crippen molar-refractivity contribution in [3.63, 3.8) is 0 Å². The molecular formula is C16H33B2O5-. The maximum Gasteiger partial charge on any atom is 0.406 e. The largest absolute Gasteiger partial charge is 0.543 e. The summed E-state index contributed by atoms with van der Waals surface area (Å²) in [4.78, 5) is 0. The van der Waals surface area contributed by atoms with Crippen molar-refractivity contribution in [2.45, 2.75) is 104 Å². The Morgan fingerprint density at radius 2 is 1.04 bits per heavy atom. The molecule has 23 heavy (non-hydrogen) atoms. The van der Waals surface area contributed by atoms with Gasteiger partial charge in [-0.2, -0.15) is 0 Å². The maximum atomic E-state index is 6.37. The molecule has 0 aliphatic carbocycles. The van der Waals surface area contributed by atoms with Crippen molar-refractivity contribution in [2.24, 2.45) is 0 Å². The zero-order chi connectivity index (χ0) is 18.1. The van der Waals surface area contributed by atoms with Crippen molar-refractivity contribution < 1.29 is 23.3 Å². The monoisotopic (exact) mass is 327 g/mol. The van der Waals surface area contributed by atoms with Crippen LogP contribution in [0.25, 0.3) is 0 Å². The second-order valence-corrected chi connectivity index (χ2v) is 9.81. The molecular weight excluding hydrogens is 294 g/mol. The molecule has 0 aromatic rings. The molecule has 7 heteroatoms. The Bertz CT molecular complexity index is 447. The summed E-state index contributed by atoms with van der Waals surface area (Å²) in [5, 5.41) is 0. The van der Waals surface area contributed by atoms with Gasteiger partial charge in [0.05, 0.1) is 11.2 Å². The van der Waals surface area contributed by atoms with Crippen LogP contribution in [0.1, 0.15) is 76.2 Å². The fourth-order valence-electron chi connectivity index (χ4n) is 2.89. The zero-order valence-corrected chi connectivity index (χ0v) is 16.7. The van der Waals surface area contributed by atoms with Crippen molar-refractivity contribution in [1.29, 1.82) is 0 Å². The third kappa shape index (κ3) is 3.23. The highest BCUT2D eigenvalue weighted by Crippen LogP contribution is 2.48. The smallest absolute Gasteiger partial charge is 0.406 e. The SMILES string of the molecule is CC(C)(C)O[B-]1(B2OC(C)(C)C(C)(C)O2)OC(C)(C)C(C)(C)O1. The molecule has 2 aliphatic heterocycles. The lowest BCUT2D eigenvalue weighted by atomic mass is 9.40. The molecule has 0 radical (unpaired) electrons. The highest BCUT2D eigenvalue weighted by Gasteiger charge is 2.65. The predicted molar refractivity (Wildman–Crippen MR) is 93.0 cm³/mol. The van der Waals surface area contributed by atoms with E-state index in [2.05, 4.69) is 0 Å². The van der Waals surface area contributed by atoms with Gasteiger partial charge in [0.1, 0.15) is 0 Å². The lowest BCUT2D eigenvalue weighted by Gasteiger charge is -2.45. The minimum absolute atomic E-state index is 0.458. The molecule has 0 unspecified atom stereocenters. The van der Waals surface area contributed by atoms with Crippen molar-refractivity contribution in [1.82, 2.24) is 0 Å². The van der Waals surface area contributed by atoms with Crippen LogP contribution in [-0.2, 0) is 23.3 Å². The Morgan fingerprint density at radius 1 is 0.696 bits per heavy atom. The number of rotatable bonds is 2. The highest BCUT2D eigenvalue weighted by molar-refractivity contribution is 7.19. The van der Waals surface area contributed by atoms with Gasteiger partial charge < -0.3 is 23.3 Å². The minimum Gasteiger partial charge on any atom is -0.543 e. The third-order valence-electron chi connectivity index (χ3n) is 5.49. The van der Waals surface area contributed by atoms with E-state index in [9.17, 15) is 0 Å². The summed E-state index contributed by atoms with van der Waals surface area (Å²) in [6.07, 6.45) is 0. The number of hydrogen-bond acceptors (Lipinski definition) is 5. The summed E-state index contributed by atoms with van der Waals surface area (Å²) in [7, 11) is -0.708. The van der Waals surface area contributed by atoms with Gasteiger partial charge in [0, 0.05) is 16.8 Å². The first-order valence-electron chi connectivity index (χ1n) is 8.53. The third-order valence-corrected chi connectivity index (χ3v) is 5.49. The summed E-state index contributed by atoms with van der Waals surface area (Å²) < 4.78 is 31.5. The average Bonchev–Trinajstić information content (AvgIpc) is 2.53. The van der Waals surface area contributed by atoms with Gasteiger partial charge in [-0.25, -0.2) is 0 Å². The first kappa shape index (κ1) is 19.3. The Morgan fingerprint density at radius 3 is 1.35 bits per heavy atom. The summed E-state index contributed by atoms with van der Waals surface area (Å²) in [6, 6.07) is 0. The molecule has 2 saturated heterocycles. The summed E-state index contributed by atoms with van der Waals surface area (Å²) in [5.74, 6) is 0. The van der Waals surface area contributed by atoms with E-state index in [-0.39, 0.29) is 0 Å². The molecule has 0 aromatic carbocycles. The van der Waals surface area contributed by atoms with Crippen LogP contribution < -0.4 is 0 Å². The Kier molecular flexibility index (Phi) is 4.17. The Hall–Kier alpha value is -0.0701. The van der Waals surface area contributed by atoms with Crippen LogP contribution in [0.4, 0.5) is 0 Å². The summed E-state index contributed by atoms with van der Waals surface area (Å²) in [5.41, 5.74) is -2.46. The van der Waals surface area contributed by atoms with E-state index in [1.807, 2.05) is 76.2 Å². The fraction of sp³-hybridized carbons (Fsp3) is 1.00. The molecule has 2 fully saturated rings. The van der Waals surface area contributed by atoms with Crippen LogP contribution in [0, 0.1) is 0 Å². The molecule has 0 atom stereocenters. The molecule has 0 aromatic heterocycles. The normalized spacial score (nSPS) is 30.7. The van der Waals surface area contributed by atoms with Gasteiger partial charge in [0.2, 0.25) is 0 Å². The van der Waals surface area contributed by atoms with Gasteiger partial charge in [0.15, 0.2) is 0 Å². The van der Waals surface area contributed by atoms with Crippen LogP contribution >= 0.6 is 0 Å². The predicted octanol–water partition coefficient (Wildman–Crippen LogP) is 3.52. The van der Waals surface area contributed by atoms with Gasteiger partial charge >= 0.3 is 13.7 Å². The van der Waals surface area contributed by atoms with Gasteiger partial charge in [-0.3, -0.25) is 0 Å². The molecule has 0 spiro atoms. The lowest BCUT2D eigenvalue weighted by molar-refractivity contribution is 0.00578. The van der Waals surface area contributed by atoms with Crippen molar-refractivity contribution in [2.75, 3.05) is 0 Å². The van der Waals surface area contributed by atoms with Crippen molar-refractivity contribution in [3.05, 3.63) is 0 Å². The van der Waals surface area contributed by atoms with Crippen LogP contribution in [0.15, 0.2) is 0 Å². The molecule has 5 nitrogen and oxygen atoms in total. The first-order chi connectivity index (χ1) is 9.93. The topological polar surface area (TPSA) is 46.2 Å². The van der Waals surface area contributed by atoms with Gasteiger partial charge in [-0.15, -0.1) is 0 Å². The standard InChI is InChI=1S/C16H33B2O5/c1-12(2,3)21-18(22-15(8,9)16(10,11)23-18)17-19-13(4,5)14(6,7)20-17/h1-11H3/q-1. The fourth-order valence-corrected chi connectivity index (χ4v) is 2.89. The zero-order valence-electron chi connectivity index (χ0n) is 16.7. The van der Waals surface area contributed by atoms with E-state index in [0.29, 0.717) is 0 Å². The molecule has 0 amide bonds. The number of hydrogen-bond donors (Lipinski definition) is 0. The molecule has 2 rings (SSSR count). The second kappa shape index (κ2) is 4.98. The van der Waals surface area contributed by atoms with E-state index in [0.717, 1.165) is 0 Å². The summed E-state index contributed by atoms with van der Waals surface area (Å²) >= 11 is 0. The first-order valence-corrected chi connectivity index (χ1v) is 8.53. The quantitative estimate of drug-likeness (QED) is 0.726. The van der Waals surface area contributed by atoms with Crippen LogP contribution in [0.3, 0.4) is 0 Å². The van der Waals surface area contributed by atoms with Crippen molar-refractivity contribution in [3.8, 4) is 0 Å². The molecule has 0 bridgehead atoms. The molecule has 2 heterocycles. The second-order valence-electron chi connectivity index (χ2n) is 9.81. The summed E-state index contributed by atoms with van der Waals surface area (Å²) in [6.45, 7) is 19.8. The van der Waals surface area contributed by atoms with E-state index < -0.39 is 41.7 Å². The Labute approximate surface area is 141 Å².